The fourth-order valence-corrected chi connectivity index (χ4v) is 1.76. The monoisotopic (exact) mass is 228 g/mol. The Morgan fingerprint density at radius 1 is 1.29 bits per heavy atom. The van der Waals surface area contributed by atoms with Crippen LogP contribution >= 0.6 is 0 Å². The lowest BCUT2D eigenvalue weighted by molar-refractivity contribution is -0.138. The molecule has 0 aromatic carbocycles. The van der Waals surface area contributed by atoms with Gasteiger partial charge in [0.15, 0.2) is 0 Å². The Morgan fingerprint density at radius 3 is 2.36 bits per heavy atom. The van der Waals surface area contributed by atoms with E-state index in [-0.39, 0.29) is 6.54 Å². The summed E-state index contributed by atoms with van der Waals surface area (Å²) >= 11 is 0. The highest BCUT2D eigenvalue weighted by molar-refractivity contribution is 7.87. The average Bonchev–Trinajstić information content (AvgIpc) is 2.01. The molecule has 0 radical (unpaired) electrons. The molecule has 14 heavy (non-hydrogen) atoms. The number of halogens is 3. The summed E-state index contributed by atoms with van der Waals surface area (Å²) in [5, 5.41) is 0. The second-order valence-electron chi connectivity index (χ2n) is 2.44. The Bertz CT molecular complexity index is 358. The number of hydrogen-bond donors (Lipinski definition) is 1. The van der Waals surface area contributed by atoms with E-state index < -0.39 is 16.5 Å². The molecule has 1 N–H and O–H groups in total. The van der Waals surface area contributed by atoms with Crippen molar-refractivity contribution in [1.82, 2.24) is 9.03 Å². The molecule has 0 amide bonds. The maximum Gasteiger partial charge on any atom is 0.472 e. The van der Waals surface area contributed by atoms with E-state index in [4.69, 9.17) is 0 Å². The molecule has 0 aliphatic carbocycles. The lowest BCUT2D eigenvalue weighted by Crippen LogP contribution is -2.45. The highest BCUT2D eigenvalue weighted by Crippen LogP contribution is 2.14. The first kappa shape index (κ1) is 11.1. The van der Waals surface area contributed by atoms with Crippen molar-refractivity contribution in [2.24, 2.45) is 0 Å². The molecule has 1 heterocycles. The molecule has 4 nitrogen and oxygen atoms in total. The molecule has 0 atom stereocenters. The number of allylic oxidation sites excluding steroid dienone is 2. The van der Waals surface area contributed by atoms with Crippen LogP contribution in [0.3, 0.4) is 0 Å². The van der Waals surface area contributed by atoms with Crippen LogP contribution in [-0.2, 0) is 10.2 Å². The summed E-state index contributed by atoms with van der Waals surface area (Å²) in [6.45, 7) is -0.109. The zero-order chi connectivity index (χ0) is 10.8. The number of hydrogen-bond acceptors (Lipinski definition) is 2. The largest absolute Gasteiger partial charge is 0.472 e. The van der Waals surface area contributed by atoms with Crippen molar-refractivity contribution in [3.63, 3.8) is 0 Å². The quantitative estimate of drug-likeness (QED) is 0.708. The molecule has 0 aromatic heterocycles. The average molecular weight is 228 g/mol. The molecule has 0 spiro atoms. The fraction of sp³-hybridized carbons (Fsp3) is 0.333. The minimum absolute atomic E-state index is 0.109. The fourth-order valence-electron chi connectivity index (χ4n) is 0.833. The molecule has 8 heteroatoms. The van der Waals surface area contributed by atoms with Crippen LogP contribution in [-0.4, -0.2) is 25.6 Å². The third-order valence-electron chi connectivity index (χ3n) is 1.34. The van der Waals surface area contributed by atoms with Crippen LogP contribution < -0.4 is 4.72 Å². The van der Waals surface area contributed by atoms with E-state index in [0.29, 0.717) is 9.03 Å². The SMILES string of the molecule is O=S(=O)(NC(F)(F)F)N1C=CC=CC1. The van der Waals surface area contributed by atoms with E-state index in [1.54, 1.807) is 6.08 Å². The van der Waals surface area contributed by atoms with Crippen molar-refractivity contribution >= 4 is 10.2 Å². The van der Waals surface area contributed by atoms with Crippen LogP contribution in [0, 0.1) is 0 Å². The number of nitrogens with one attached hydrogen (secondary N) is 1. The first-order chi connectivity index (χ1) is 6.31. The predicted molar refractivity (Wildman–Crippen MR) is 43.1 cm³/mol. The van der Waals surface area contributed by atoms with Crippen LogP contribution in [0.1, 0.15) is 0 Å². The number of alkyl halides is 3. The van der Waals surface area contributed by atoms with Gasteiger partial charge in [-0.1, -0.05) is 12.2 Å². The Morgan fingerprint density at radius 2 is 1.93 bits per heavy atom. The Balaban J connectivity index is 2.76. The Kier molecular flexibility index (Phi) is 2.86. The first-order valence-electron chi connectivity index (χ1n) is 3.52. The van der Waals surface area contributed by atoms with Gasteiger partial charge in [0.1, 0.15) is 0 Å². The molecule has 0 saturated carbocycles. The zero-order valence-electron chi connectivity index (χ0n) is 6.82. The second kappa shape index (κ2) is 3.62. The molecule has 80 valence electrons. The Labute approximate surface area is 78.9 Å². The van der Waals surface area contributed by atoms with E-state index in [1.165, 1.54) is 12.2 Å². The van der Waals surface area contributed by atoms with Crippen molar-refractivity contribution < 1.29 is 21.6 Å². The summed E-state index contributed by atoms with van der Waals surface area (Å²) in [4.78, 5) is 0. The van der Waals surface area contributed by atoms with Gasteiger partial charge in [0.25, 0.3) is 0 Å². The molecule has 1 aliphatic heterocycles. The lowest BCUT2D eigenvalue weighted by atomic mass is 10.4. The van der Waals surface area contributed by atoms with Gasteiger partial charge in [0.05, 0.1) is 6.54 Å². The summed E-state index contributed by atoms with van der Waals surface area (Å²) in [6, 6.07) is 0. The normalized spacial score (nSPS) is 17.5. The maximum absolute atomic E-state index is 11.7. The molecule has 1 rings (SSSR count). The van der Waals surface area contributed by atoms with Gasteiger partial charge in [-0.05, 0) is 6.08 Å². The molecular weight excluding hydrogens is 221 g/mol. The van der Waals surface area contributed by atoms with Crippen LogP contribution in [0.5, 0.6) is 0 Å². The zero-order valence-corrected chi connectivity index (χ0v) is 7.64. The van der Waals surface area contributed by atoms with Gasteiger partial charge in [0, 0.05) is 6.20 Å². The van der Waals surface area contributed by atoms with Crippen LogP contribution in [0.2, 0.25) is 0 Å². The van der Waals surface area contributed by atoms with Crippen molar-refractivity contribution in [2.45, 2.75) is 6.30 Å². The van der Waals surface area contributed by atoms with E-state index in [1.807, 2.05) is 0 Å². The summed E-state index contributed by atoms with van der Waals surface area (Å²) in [5.74, 6) is 0. The van der Waals surface area contributed by atoms with E-state index in [9.17, 15) is 21.6 Å². The Hall–Kier alpha value is -1.02. The van der Waals surface area contributed by atoms with Gasteiger partial charge in [-0.15, -0.1) is 4.72 Å². The van der Waals surface area contributed by atoms with Crippen LogP contribution in [0.15, 0.2) is 24.4 Å². The molecule has 0 aromatic rings. The third kappa shape index (κ3) is 3.04. The molecular formula is C6H7F3N2O2S. The second-order valence-corrected chi connectivity index (χ2v) is 4.07. The highest BCUT2D eigenvalue weighted by atomic mass is 32.2. The van der Waals surface area contributed by atoms with Gasteiger partial charge in [0.2, 0.25) is 0 Å². The van der Waals surface area contributed by atoms with Crippen molar-refractivity contribution in [2.75, 3.05) is 6.54 Å². The minimum atomic E-state index is -4.95. The summed E-state index contributed by atoms with van der Waals surface area (Å²) in [6.07, 6.45) is 0.399. The molecule has 0 saturated heterocycles. The molecule has 0 bridgehead atoms. The molecule has 0 fully saturated rings. The van der Waals surface area contributed by atoms with Gasteiger partial charge >= 0.3 is 16.5 Å². The van der Waals surface area contributed by atoms with Crippen molar-refractivity contribution in [3.8, 4) is 0 Å². The van der Waals surface area contributed by atoms with Crippen LogP contribution in [0.4, 0.5) is 13.2 Å². The predicted octanol–water partition coefficient (Wildman–Crippen LogP) is 0.726. The summed E-state index contributed by atoms with van der Waals surface area (Å²) in [7, 11) is -4.52. The maximum atomic E-state index is 11.7. The first-order valence-corrected chi connectivity index (χ1v) is 4.96. The topological polar surface area (TPSA) is 49.4 Å². The minimum Gasteiger partial charge on any atom is -0.261 e. The van der Waals surface area contributed by atoms with Gasteiger partial charge in [-0.3, -0.25) is 4.31 Å². The van der Waals surface area contributed by atoms with Crippen LogP contribution in [0.25, 0.3) is 0 Å². The van der Waals surface area contributed by atoms with Gasteiger partial charge in [-0.25, -0.2) is 0 Å². The van der Waals surface area contributed by atoms with Crippen molar-refractivity contribution in [1.29, 1.82) is 0 Å². The highest BCUT2D eigenvalue weighted by Gasteiger charge is 2.36. The number of nitrogens with zero attached hydrogens (tertiary/aromatic N) is 1. The standard InChI is InChI=1S/C6H7F3N2O2S/c7-6(8,9)10-14(12,13)11-4-2-1-3-5-11/h1-4,10H,5H2. The molecule has 1 aliphatic rings. The molecule has 0 unspecified atom stereocenters. The third-order valence-corrected chi connectivity index (χ3v) is 2.72. The van der Waals surface area contributed by atoms with Gasteiger partial charge < -0.3 is 0 Å². The summed E-state index contributed by atoms with van der Waals surface area (Å²) in [5.41, 5.74) is 0. The van der Waals surface area contributed by atoms with Crippen molar-refractivity contribution in [3.05, 3.63) is 24.4 Å². The number of rotatable bonds is 2. The van der Waals surface area contributed by atoms with E-state index in [2.05, 4.69) is 0 Å². The van der Waals surface area contributed by atoms with E-state index in [0.717, 1.165) is 6.20 Å². The lowest BCUT2D eigenvalue weighted by Gasteiger charge is -2.21. The summed E-state index contributed by atoms with van der Waals surface area (Å²) < 4.78 is 58.4. The smallest absolute Gasteiger partial charge is 0.261 e. The van der Waals surface area contributed by atoms with E-state index >= 15 is 0 Å². The van der Waals surface area contributed by atoms with Gasteiger partial charge in [-0.2, -0.15) is 21.6 Å².